The van der Waals surface area contributed by atoms with E-state index in [-0.39, 0.29) is 11.8 Å². The number of likely N-dealkylation sites (tertiary alicyclic amines) is 1. The summed E-state index contributed by atoms with van der Waals surface area (Å²) in [5.41, 5.74) is 3.01. The van der Waals surface area contributed by atoms with E-state index in [9.17, 15) is 4.79 Å². The Morgan fingerprint density at radius 2 is 2.04 bits per heavy atom. The summed E-state index contributed by atoms with van der Waals surface area (Å²) in [6.07, 6.45) is 2.63. The van der Waals surface area contributed by atoms with Gasteiger partial charge in [-0.15, -0.1) is 0 Å². The topological polar surface area (TPSA) is 54.5 Å². The van der Waals surface area contributed by atoms with E-state index in [4.69, 9.17) is 4.74 Å². The van der Waals surface area contributed by atoms with Gasteiger partial charge in [-0.3, -0.25) is 4.79 Å². The van der Waals surface area contributed by atoms with Gasteiger partial charge in [-0.1, -0.05) is 24.3 Å². The first-order chi connectivity index (χ1) is 12.0. The van der Waals surface area contributed by atoms with E-state index < -0.39 is 0 Å². The molecule has 1 aliphatic rings. The number of hydrogen-bond acceptors (Lipinski definition) is 4. The third-order valence-electron chi connectivity index (χ3n) is 4.67. The molecular formula is C20H25N3O2. The van der Waals surface area contributed by atoms with Crippen molar-refractivity contribution in [3.63, 3.8) is 0 Å². The highest BCUT2D eigenvalue weighted by Gasteiger charge is 2.26. The van der Waals surface area contributed by atoms with Gasteiger partial charge in [0.15, 0.2) is 0 Å². The van der Waals surface area contributed by atoms with E-state index in [0.717, 1.165) is 42.0 Å². The number of benzene rings is 1. The van der Waals surface area contributed by atoms with Crippen molar-refractivity contribution in [1.29, 1.82) is 0 Å². The molecule has 5 nitrogen and oxygen atoms in total. The van der Waals surface area contributed by atoms with Crippen LogP contribution in [0.1, 0.15) is 23.1 Å². The summed E-state index contributed by atoms with van der Waals surface area (Å²) in [6, 6.07) is 9.85. The second-order valence-electron chi connectivity index (χ2n) is 6.76. The number of aromatic nitrogens is 1. The summed E-state index contributed by atoms with van der Waals surface area (Å²) < 4.78 is 6.08. The monoisotopic (exact) mass is 339 g/mol. The Morgan fingerprint density at radius 3 is 2.72 bits per heavy atom. The van der Waals surface area contributed by atoms with Crippen molar-refractivity contribution < 1.29 is 9.53 Å². The molecule has 1 saturated heterocycles. The van der Waals surface area contributed by atoms with Gasteiger partial charge >= 0.3 is 0 Å². The molecule has 3 rings (SSSR count). The number of amides is 1. The van der Waals surface area contributed by atoms with Crippen LogP contribution in [0.15, 0.2) is 36.5 Å². The fourth-order valence-corrected chi connectivity index (χ4v) is 3.18. The van der Waals surface area contributed by atoms with Gasteiger partial charge in [-0.2, -0.15) is 0 Å². The van der Waals surface area contributed by atoms with E-state index in [1.165, 1.54) is 0 Å². The van der Waals surface area contributed by atoms with Crippen LogP contribution in [-0.2, 0) is 11.3 Å². The third-order valence-corrected chi connectivity index (χ3v) is 4.67. The predicted octanol–water partition coefficient (Wildman–Crippen LogP) is 3.06. The lowest BCUT2D eigenvalue weighted by Crippen LogP contribution is -2.31. The lowest BCUT2D eigenvalue weighted by molar-refractivity contribution is -0.124. The fraction of sp³-hybridized carbons (Fsp3) is 0.400. The first-order valence-corrected chi connectivity index (χ1v) is 8.69. The van der Waals surface area contributed by atoms with Crippen LogP contribution in [0.4, 0.5) is 0 Å². The molecule has 0 spiro atoms. The van der Waals surface area contributed by atoms with Crippen molar-refractivity contribution in [2.24, 2.45) is 5.92 Å². The zero-order valence-electron chi connectivity index (χ0n) is 15.1. The predicted molar refractivity (Wildman–Crippen MR) is 97.7 cm³/mol. The number of ether oxygens (including phenoxy) is 1. The summed E-state index contributed by atoms with van der Waals surface area (Å²) in [6.45, 7) is 6.26. The number of carbonyl (C=O) groups is 1. The number of aryl methyl sites for hydroxylation is 2. The highest BCUT2D eigenvalue weighted by molar-refractivity contribution is 5.79. The molecule has 0 radical (unpaired) electrons. The Balaban J connectivity index is 1.70. The van der Waals surface area contributed by atoms with Gasteiger partial charge in [0, 0.05) is 24.8 Å². The highest BCUT2D eigenvalue weighted by atomic mass is 16.5. The van der Waals surface area contributed by atoms with Crippen LogP contribution in [-0.4, -0.2) is 35.9 Å². The zero-order valence-corrected chi connectivity index (χ0v) is 15.1. The van der Waals surface area contributed by atoms with Gasteiger partial charge in [-0.05, 0) is 51.1 Å². The largest absolute Gasteiger partial charge is 0.438 e. The molecule has 1 aliphatic heterocycles. The van der Waals surface area contributed by atoms with Crippen LogP contribution in [0.2, 0.25) is 0 Å². The minimum Gasteiger partial charge on any atom is -0.438 e. The summed E-state index contributed by atoms with van der Waals surface area (Å²) in [5, 5.41) is 3.03. The normalized spacial score (nSPS) is 17.5. The average Bonchev–Trinajstić information content (AvgIpc) is 3.03. The molecule has 1 fully saturated rings. The molecular weight excluding hydrogens is 314 g/mol. The Bertz CT molecular complexity index is 740. The fourth-order valence-electron chi connectivity index (χ4n) is 3.18. The number of carbonyl (C=O) groups excluding carboxylic acids is 1. The van der Waals surface area contributed by atoms with Crippen molar-refractivity contribution in [2.75, 3.05) is 20.1 Å². The second kappa shape index (κ2) is 7.66. The molecule has 132 valence electrons. The lowest BCUT2D eigenvalue weighted by Gasteiger charge is -2.15. The third kappa shape index (κ3) is 4.17. The molecule has 1 atom stereocenters. The number of para-hydroxylation sites is 1. The minimum absolute atomic E-state index is 0.0738. The molecule has 1 amide bonds. The molecule has 1 aromatic carbocycles. The van der Waals surface area contributed by atoms with Crippen molar-refractivity contribution in [2.45, 2.75) is 26.8 Å². The molecule has 0 aliphatic carbocycles. The average molecular weight is 339 g/mol. The standard InChI is InChI=1S/C20H25N3O2/c1-14-6-4-7-15(2)18(14)25-20-16(8-5-10-21-20)12-22-19(24)17-9-11-23(3)13-17/h4-8,10,17H,9,11-13H2,1-3H3,(H,22,24)/t17-/m0/s1. The Labute approximate surface area is 149 Å². The van der Waals surface area contributed by atoms with E-state index in [0.29, 0.717) is 12.4 Å². The van der Waals surface area contributed by atoms with Crippen LogP contribution >= 0.6 is 0 Å². The zero-order chi connectivity index (χ0) is 17.8. The van der Waals surface area contributed by atoms with E-state index in [1.807, 2.05) is 51.2 Å². The van der Waals surface area contributed by atoms with Gasteiger partial charge in [0.25, 0.3) is 0 Å². The summed E-state index contributed by atoms with van der Waals surface area (Å²) in [4.78, 5) is 18.9. The minimum atomic E-state index is 0.0738. The van der Waals surface area contributed by atoms with Crippen LogP contribution in [0.25, 0.3) is 0 Å². The molecule has 1 aromatic heterocycles. The number of nitrogens with one attached hydrogen (secondary N) is 1. The lowest BCUT2D eigenvalue weighted by atomic mass is 10.1. The molecule has 1 N–H and O–H groups in total. The summed E-state index contributed by atoms with van der Waals surface area (Å²) >= 11 is 0. The molecule has 0 saturated carbocycles. The number of pyridine rings is 1. The molecule has 5 heteroatoms. The highest BCUT2D eigenvalue weighted by Crippen LogP contribution is 2.29. The number of rotatable bonds is 5. The maximum Gasteiger partial charge on any atom is 0.224 e. The maximum absolute atomic E-state index is 12.3. The second-order valence-corrected chi connectivity index (χ2v) is 6.76. The number of hydrogen-bond donors (Lipinski definition) is 1. The Morgan fingerprint density at radius 1 is 1.28 bits per heavy atom. The van der Waals surface area contributed by atoms with Crippen LogP contribution in [0, 0.1) is 19.8 Å². The van der Waals surface area contributed by atoms with Gasteiger partial charge < -0.3 is 15.0 Å². The molecule has 25 heavy (non-hydrogen) atoms. The van der Waals surface area contributed by atoms with Crippen molar-refractivity contribution in [1.82, 2.24) is 15.2 Å². The first-order valence-electron chi connectivity index (χ1n) is 8.69. The van der Waals surface area contributed by atoms with Crippen LogP contribution in [0.3, 0.4) is 0 Å². The van der Waals surface area contributed by atoms with Crippen molar-refractivity contribution in [3.8, 4) is 11.6 Å². The summed E-state index contributed by atoms with van der Waals surface area (Å²) in [7, 11) is 2.05. The quantitative estimate of drug-likeness (QED) is 0.910. The molecule has 2 aromatic rings. The van der Waals surface area contributed by atoms with E-state index >= 15 is 0 Å². The first kappa shape index (κ1) is 17.4. The van der Waals surface area contributed by atoms with E-state index in [1.54, 1.807) is 6.20 Å². The SMILES string of the molecule is Cc1cccc(C)c1Oc1ncccc1CNC(=O)[C@H]1CCN(C)C1. The van der Waals surface area contributed by atoms with Crippen molar-refractivity contribution >= 4 is 5.91 Å². The van der Waals surface area contributed by atoms with E-state index in [2.05, 4.69) is 15.2 Å². The van der Waals surface area contributed by atoms with Crippen LogP contribution < -0.4 is 10.1 Å². The van der Waals surface area contributed by atoms with Crippen molar-refractivity contribution in [3.05, 3.63) is 53.2 Å². The molecule has 2 heterocycles. The smallest absolute Gasteiger partial charge is 0.224 e. The summed E-state index contributed by atoms with van der Waals surface area (Å²) in [5.74, 6) is 1.55. The molecule has 0 bridgehead atoms. The van der Waals surface area contributed by atoms with Crippen LogP contribution in [0.5, 0.6) is 11.6 Å². The number of nitrogens with zero attached hydrogens (tertiary/aromatic N) is 2. The Kier molecular flexibility index (Phi) is 5.34. The van der Waals surface area contributed by atoms with Gasteiger partial charge in [0.2, 0.25) is 11.8 Å². The van der Waals surface area contributed by atoms with Gasteiger partial charge in [0.1, 0.15) is 5.75 Å². The van der Waals surface area contributed by atoms with Gasteiger partial charge in [-0.25, -0.2) is 4.98 Å². The molecule has 0 unspecified atom stereocenters. The van der Waals surface area contributed by atoms with Gasteiger partial charge in [0.05, 0.1) is 5.92 Å². The maximum atomic E-state index is 12.3. The Hall–Kier alpha value is -2.40.